The summed E-state index contributed by atoms with van der Waals surface area (Å²) < 4.78 is 29.5. The minimum atomic E-state index is -2.80. The first-order valence-electron chi connectivity index (χ1n) is 5.16. The van der Waals surface area contributed by atoms with Crippen LogP contribution < -0.4 is 10.1 Å². The summed E-state index contributed by atoms with van der Waals surface area (Å²) in [7, 11) is 0. The third kappa shape index (κ3) is 3.96. The van der Waals surface area contributed by atoms with E-state index >= 15 is 0 Å². The lowest BCUT2D eigenvalue weighted by atomic mass is 10.3. The highest BCUT2D eigenvalue weighted by molar-refractivity contribution is 9.11. The summed E-state index contributed by atoms with van der Waals surface area (Å²) in [5.41, 5.74) is 0.748. The molecule has 0 amide bonds. The molecule has 18 heavy (non-hydrogen) atoms. The summed E-state index contributed by atoms with van der Waals surface area (Å²) in [6, 6.07) is 10.5. The molecule has 0 aliphatic heterocycles. The number of nitrogens with one attached hydrogen (secondary N) is 1. The van der Waals surface area contributed by atoms with Gasteiger partial charge in [-0.25, -0.2) is 0 Å². The number of ether oxygens (including phenoxy) is 1. The number of thiophene rings is 1. The van der Waals surface area contributed by atoms with E-state index in [9.17, 15) is 8.78 Å². The fraction of sp³-hybridized carbons (Fsp3) is 0.167. The van der Waals surface area contributed by atoms with Crippen LogP contribution in [0.2, 0.25) is 0 Å². The molecule has 0 spiro atoms. The third-order valence-electron chi connectivity index (χ3n) is 2.15. The van der Waals surface area contributed by atoms with Gasteiger partial charge in [-0.15, -0.1) is 11.3 Å². The van der Waals surface area contributed by atoms with Crippen LogP contribution in [0.5, 0.6) is 5.75 Å². The van der Waals surface area contributed by atoms with Crippen LogP contribution in [0.15, 0.2) is 40.2 Å². The van der Waals surface area contributed by atoms with Crippen molar-refractivity contribution in [2.75, 3.05) is 5.32 Å². The number of alkyl halides is 2. The van der Waals surface area contributed by atoms with Crippen LogP contribution in [0.4, 0.5) is 14.5 Å². The lowest BCUT2D eigenvalue weighted by molar-refractivity contribution is -0.0498. The second kappa shape index (κ2) is 6.15. The Morgan fingerprint density at radius 1 is 1.28 bits per heavy atom. The van der Waals surface area contributed by atoms with Crippen LogP contribution >= 0.6 is 27.3 Å². The van der Waals surface area contributed by atoms with Crippen LogP contribution in [-0.4, -0.2) is 6.61 Å². The fourth-order valence-electron chi connectivity index (χ4n) is 1.42. The molecule has 1 N–H and O–H groups in total. The molecule has 1 aromatic carbocycles. The molecule has 2 aromatic rings. The second-order valence-electron chi connectivity index (χ2n) is 3.47. The van der Waals surface area contributed by atoms with E-state index in [1.54, 1.807) is 29.5 Å². The molecule has 96 valence electrons. The fourth-order valence-corrected chi connectivity index (χ4v) is 2.84. The van der Waals surface area contributed by atoms with Gasteiger partial charge in [0.05, 0.1) is 3.79 Å². The number of halogens is 3. The molecule has 1 heterocycles. The van der Waals surface area contributed by atoms with Crippen molar-refractivity contribution in [1.82, 2.24) is 0 Å². The molecule has 1 aromatic heterocycles. The summed E-state index contributed by atoms with van der Waals surface area (Å²) in [6.07, 6.45) is 0. The van der Waals surface area contributed by atoms with E-state index in [0.717, 1.165) is 14.4 Å². The summed E-state index contributed by atoms with van der Waals surface area (Å²) >= 11 is 5.01. The van der Waals surface area contributed by atoms with E-state index in [1.807, 2.05) is 12.1 Å². The van der Waals surface area contributed by atoms with Crippen LogP contribution in [0.25, 0.3) is 0 Å². The van der Waals surface area contributed by atoms with E-state index in [-0.39, 0.29) is 5.75 Å². The molecule has 0 unspecified atom stereocenters. The van der Waals surface area contributed by atoms with Crippen molar-refractivity contribution in [3.8, 4) is 5.75 Å². The van der Waals surface area contributed by atoms with E-state index in [4.69, 9.17) is 0 Å². The predicted molar refractivity (Wildman–Crippen MR) is 72.4 cm³/mol. The van der Waals surface area contributed by atoms with Gasteiger partial charge in [0, 0.05) is 23.2 Å². The normalized spacial score (nSPS) is 10.7. The molecule has 0 radical (unpaired) electrons. The van der Waals surface area contributed by atoms with E-state index in [1.165, 1.54) is 6.07 Å². The molecule has 6 heteroatoms. The van der Waals surface area contributed by atoms with Gasteiger partial charge in [-0.1, -0.05) is 6.07 Å². The Kier molecular flexibility index (Phi) is 4.54. The smallest absolute Gasteiger partial charge is 0.387 e. The summed E-state index contributed by atoms with van der Waals surface area (Å²) in [6.45, 7) is -2.15. The summed E-state index contributed by atoms with van der Waals surface area (Å²) in [5.74, 6) is 0.155. The predicted octanol–water partition coefficient (Wildman–Crippen LogP) is 4.72. The highest BCUT2D eigenvalue weighted by atomic mass is 79.9. The molecule has 0 aliphatic carbocycles. The van der Waals surface area contributed by atoms with Crippen LogP contribution in [0, 0.1) is 0 Å². The standard InChI is InChI=1S/C12H10BrF2NOS/c13-11-5-4-10(18-11)7-16-8-2-1-3-9(6-8)17-12(14)15/h1-6,12,16H,7H2. The molecule has 2 rings (SSSR count). The Hall–Kier alpha value is -1.14. The van der Waals surface area contributed by atoms with E-state index in [2.05, 4.69) is 26.0 Å². The van der Waals surface area contributed by atoms with Gasteiger partial charge in [0.15, 0.2) is 0 Å². The Labute approximate surface area is 116 Å². The number of anilines is 1. The zero-order valence-electron chi connectivity index (χ0n) is 9.20. The maximum atomic E-state index is 12.1. The van der Waals surface area contributed by atoms with Crippen molar-refractivity contribution in [3.63, 3.8) is 0 Å². The topological polar surface area (TPSA) is 21.3 Å². The first-order valence-corrected chi connectivity index (χ1v) is 6.77. The van der Waals surface area contributed by atoms with Gasteiger partial charge in [0.1, 0.15) is 5.75 Å². The van der Waals surface area contributed by atoms with Gasteiger partial charge in [-0.2, -0.15) is 8.78 Å². The number of rotatable bonds is 5. The Morgan fingerprint density at radius 2 is 2.11 bits per heavy atom. The van der Waals surface area contributed by atoms with Crippen LogP contribution in [-0.2, 0) is 6.54 Å². The SMILES string of the molecule is FC(F)Oc1cccc(NCc2ccc(Br)s2)c1. The zero-order valence-corrected chi connectivity index (χ0v) is 11.6. The average Bonchev–Trinajstić information content (AvgIpc) is 2.72. The number of benzene rings is 1. The molecule has 0 aliphatic rings. The van der Waals surface area contributed by atoms with Crippen molar-refractivity contribution in [2.45, 2.75) is 13.2 Å². The molecule has 0 saturated carbocycles. The molecule has 0 atom stereocenters. The first kappa shape index (κ1) is 13.3. The lowest BCUT2D eigenvalue weighted by Crippen LogP contribution is -2.03. The van der Waals surface area contributed by atoms with Crippen LogP contribution in [0.1, 0.15) is 4.88 Å². The maximum absolute atomic E-state index is 12.1. The molecule has 2 nitrogen and oxygen atoms in total. The number of hydrogen-bond acceptors (Lipinski definition) is 3. The Bertz CT molecular complexity index is 518. The molecular formula is C12H10BrF2NOS. The lowest BCUT2D eigenvalue weighted by Gasteiger charge is -2.08. The minimum Gasteiger partial charge on any atom is -0.435 e. The highest BCUT2D eigenvalue weighted by Crippen LogP contribution is 2.24. The van der Waals surface area contributed by atoms with Crippen molar-refractivity contribution >= 4 is 33.0 Å². The maximum Gasteiger partial charge on any atom is 0.387 e. The second-order valence-corrected chi connectivity index (χ2v) is 6.01. The van der Waals surface area contributed by atoms with Gasteiger partial charge < -0.3 is 10.1 Å². The minimum absolute atomic E-state index is 0.155. The molecule has 0 bridgehead atoms. The van der Waals surface area contributed by atoms with Gasteiger partial charge in [0.25, 0.3) is 0 Å². The summed E-state index contributed by atoms with van der Waals surface area (Å²) in [4.78, 5) is 1.15. The van der Waals surface area contributed by atoms with Crippen molar-refractivity contribution < 1.29 is 13.5 Å². The highest BCUT2D eigenvalue weighted by Gasteiger charge is 2.04. The first-order chi connectivity index (χ1) is 8.63. The average molecular weight is 334 g/mol. The van der Waals surface area contributed by atoms with E-state index < -0.39 is 6.61 Å². The van der Waals surface area contributed by atoms with Crippen molar-refractivity contribution in [1.29, 1.82) is 0 Å². The van der Waals surface area contributed by atoms with E-state index in [0.29, 0.717) is 6.54 Å². The largest absolute Gasteiger partial charge is 0.435 e. The molecular weight excluding hydrogens is 324 g/mol. The number of hydrogen-bond donors (Lipinski definition) is 1. The van der Waals surface area contributed by atoms with Gasteiger partial charge in [0.2, 0.25) is 0 Å². The zero-order chi connectivity index (χ0) is 13.0. The van der Waals surface area contributed by atoms with Gasteiger partial charge >= 0.3 is 6.61 Å². The quantitative estimate of drug-likeness (QED) is 0.854. The monoisotopic (exact) mass is 333 g/mol. The van der Waals surface area contributed by atoms with Crippen molar-refractivity contribution in [2.24, 2.45) is 0 Å². The molecule has 0 saturated heterocycles. The van der Waals surface area contributed by atoms with Crippen LogP contribution in [0.3, 0.4) is 0 Å². The molecule has 0 fully saturated rings. The summed E-state index contributed by atoms with van der Waals surface area (Å²) in [5, 5.41) is 3.15. The Balaban J connectivity index is 1.96. The van der Waals surface area contributed by atoms with Gasteiger partial charge in [-0.3, -0.25) is 0 Å². The Morgan fingerprint density at radius 3 is 2.78 bits per heavy atom. The van der Waals surface area contributed by atoms with Gasteiger partial charge in [-0.05, 0) is 40.2 Å². The third-order valence-corrected chi connectivity index (χ3v) is 3.78. The van der Waals surface area contributed by atoms with Crippen molar-refractivity contribution in [3.05, 3.63) is 45.1 Å².